The molecule has 1 unspecified atom stereocenters. The molecule has 2 fully saturated rings. The number of benzene rings is 1. The molecule has 1 aromatic carbocycles. The lowest BCUT2D eigenvalue weighted by atomic mass is 10.0. The van der Waals surface area contributed by atoms with E-state index in [1.807, 2.05) is 7.05 Å². The summed E-state index contributed by atoms with van der Waals surface area (Å²) in [6, 6.07) is 3.88. The Labute approximate surface area is 173 Å². The maximum atomic E-state index is 14.3. The van der Waals surface area contributed by atoms with E-state index in [1.54, 1.807) is 13.2 Å². The molecule has 3 rings (SSSR count). The van der Waals surface area contributed by atoms with Gasteiger partial charge in [0.05, 0.1) is 0 Å². The maximum Gasteiger partial charge on any atom is 0.193 e. The lowest BCUT2D eigenvalue weighted by Gasteiger charge is -2.40. The number of methoxy groups -OCH3 is 1. The molecule has 162 valence electrons. The topological polar surface area (TPSA) is 40.1 Å². The summed E-state index contributed by atoms with van der Waals surface area (Å²) < 4.78 is 32.8. The molecular weight excluding hydrogens is 374 g/mol. The Morgan fingerprint density at radius 2 is 1.97 bits per heavy atom. The van der Waals surface area contributed by atoms with Crippen LogP contribution in [0.25, 0.3) is 0 Å². The molecule has 0 aromatic heterocycles. The minimum Gasteiger partial charge on any atom is -0.385 e. The predicted octanol–water partition coefficient (Wildman–Crippen LogP) is 3.43. The number of hydrogen-bond donors (Lipinski definition) is 1. The number of hydrogen-bond acceptors (Lipinski definition) is 3. The number of halogens is 2. The van der Waals surface area contributed by atoms with Gasteiger partial charge in [0.2, 0.25) is 0 Å². The van der Waals surface area contributed by atoms with E-state index >= 15 is 0 Å². The van der Waals surface area contributed by atoms with Gasteiger partial charge in [-0.2, -0.15) is 0 Å². The largest absolute Gasteiger partial charge is 0.385 e. The summed E-state index contributed by atoms with van der Waals surface area (Å²) in [6.45, 7) is 7.11. The first-order valence-corrected chi connectivity index (χ1v) is 10.7. The zero-order valence-electron chi connectivity index (χ0n) is 17.9. The fraction of sp³-hybridized carbons (Fsp3) is 0.682. The van der Waals surface area contributed by atoms with Gasteiger partial charge < -0.3 is 15.0 Å². The van der Waals surface area contributed by atoms with Gasteiger partial charge in [-0.3, -0.25) is 9.89 Å². The van der Waals surface area contributed by atoms with Gasteiger partial charge in [-0.25, -0.2) is 8.78 Å². The molecule has 7 heteroatoms. The smallest absolute Gasteiger partial charge is 0.193 e. The molecule has 0 amide bonds. The molecule has 0 bridgehead atoms. The number of guanidine groups is 1. The SMILES string of the molecule is CCC(c1ccc(F)cc1F)N1CCN(C(=NC)NCC2(CCOC)CC2)CC1. The summed E-state index contributed by atoms with van der Waals surface area (Å²) in [5.74, 6) is -0.0448. The molecule has 1 saturated heterocycles. The van der Waals surface area contributed by atoms with E-state index in [-0.39, 0.29) is 6.04 Å². The number of rotatable bonds is 8. The lowest BCUT2D eigenvalue weighted by Crippen LogP contribution is -2.53. The van der Waals surface area contributed by atoms with Crippen LogP contribution >= 0.6 is 0 Å². The molecule has 5 nitrogen and oxygen atoms in total. The van der Waals surface area contributed by atoms with Gasteiger partial charge in [-0.1, -0.05) is 13.0 Å². The van der Waals surface area contributed by atoms with Crippen LogP contribution in [0, 0.1) is 17.0 Å². The molecule has 1 aromatic rings. The second-order valence-corrected chi connectivity index (χ2v) is 8.26. The summed E-state index contributed by atoms with van der Waals surface area (Å²) >= 11 is 0. The molecule has 1 aliphatic heterocycles. The Bertz CT molecular complexity index is 700. The zero-order chi connectivity index (χ0) is 20.9. The fourth-order valence-electron chi connectivity index (χ4n) is 4.30. The van der Waals surface area contributed by atoms with Crippen molar-refractivity contribution in [2.75, 3.05) is 53.5 Å². The second kappa shape index (κ2) is 9.85. The average Bonchev–Trinajstić information content (AvgIpc) is 3.50. The highest BCUT2D eigenvalue weighted by molar-refractivity contribution is 5.80. The molecule has 0 spiro atoms. The Kier molecular flexibility index (Phi) is 7.46. The number of ether oxygens (including phenoxy) is 1. The zero-order valence-corrected chi connectivity index (χ0v) is 17.9. The van der Waals surface area contributed by atoms with E-state index in [0.29, 0.717) is 11.0 Å². The maximum absolute atomic E-state index is 14.3. The van der Waals surface area contributed by atoms with Crippen LogP contribution in [0.15, 0.2) is 23.2 Å². The van der Waals surface area contributed by atoms with Crippen LogP contribution in [0.4, 0.5) is 8.78 Å². The quantitative estimate of drug-likeness (QED) is 0.529. The minimum atomic E-state index is -0.528. The summed E-state index contributed by atoms with van der Waals surface area (Å²) in [7, 11) is 3.58. The number of nitrogens with zero attached hydrogens (tertiary/aromatic N) is 3. The Hall–Kier alpha value is -1.73. The van der Waals surface area contributed by atoms with Crippen molar-refractivity contribution in [3.63, 3.8) is 0 Å². The van der Waals surface area contributed by atoms with Crippen molar-refractivity contribution < 1.29 is 13.5 Å². The number of piperazine rings is 1. The molecule has 29 heavy (non-hydrogen) atoms. The van der Waals surface area contributed by atoms with Crippen molar-refractivity contribution in [1.82, 2.24) is 15.1 Å². The van der Waals surface area contributed by atoms with Gasteiger partial charge in [-0.15, -0.1) is 0 Å². The average molecular weight is 409 g/mol. The van der Waals surface area contributed by atoms with Crippen LogP contribution < -0.4 is 5.32 Å². The Morgan fingerprint density at radius 1 is 1.24 bits per heavy atom. The molecule has 1 saturated carbocycles. The molecule has 1 heterocycles. The second-order valence-electron chi connectivity index (χ2n) is 8.26. The lowest BCUT2D eigenvalue weighted by molar-refractivity contribution is 0.124. The van der Waals surface area contributed by atoms with Crippen molar-refractivity contribution in [2.45, 2.75) is 38.6 Å². The van der Waals surface area contributed by atoms with Crippen LogP contribution in [-0.4, -0.2) is 69.2 Å². The van der Waals surface area contributed by atoms with E-state index in [2.05, 4.69) is 27.0 Å². The highest BCUT2D eigenvalue weighted by Crippen LogP contribution is 2.48. The van der Waals surface area contributed by atoms with Crippen molar-refractivity contribution in [1.29, 1.82) is 0 Å². The van der Waals surface area contributed by atoms with Gasteiger partial charge in [0.25, 0.3) is 0 Å². The van der Waals surface area contributed by atoms with E-state index in [4.69, 9.17) is 4.74 Å². The standard InChI is InChI=1S/C22H34F2N4O/c1-4-20(18-6-5-17(23)15-19(18)24)27-10-12-28(13-11-27)21(25-2)26-16-22(7-8-22)9-14-29-3/h5-6,15,20H,4,7-14,16H2,1-3H3,(H,25,26). The van der Waals surface area contributed by atoms with Crippen molar-refractivity contribution in [2.24, 2.45) is 10.4 Å². The first kappa shape index (κ1) is 22.0. The highest BCUT2D eigenvalue weighted by atomic mass is 19.1. The molecule has 2 aliphatic rings. The van der Waals surface area contributed by atoms with Crippen LogP contribution in [0.2, 0.25) is 0 Å². The van der Waals surface area contributed by atoms with E-state index in [1.165, 1.54) is 18.9 Å². The first-order valence-electron chi connectivity index (χ1n) is 10.7. The normalized spacial score (nSPS) is 20.6. The van der Waals surface area contributed by atoms with Crippen molar-refractivity contribution in [3.05, 3.63) is 35.4 Å². The summed E-state index contributed by atoms with van der Waals surface area (Å²) in [5, 5.41) is 3.56. The van der Waals surface area contributed by atoms with Crippen LogP contribution in [0.3, 0.4) is 0 Å². The minimum absolute atomic E-state index is 0.0310. The summed E-state index contributed by atoms with van der Waals surface area (Å²) in [4.78, 5) is 9.04. The van der Waals surface area contributed by atoms with Crippen molar-refractivity contribution in [3.8, 4) is 0 Å². The third-order valence-corrected chi connectivity index (χ3v) is 6.39. The molecule has 0 radical (unpaired) electrons. The monoisotopic (exact) mass is 408 g/mol. The van der Waals surface area contributed by atoms with Gasteiger partial charge >= 0.3 is 0 Å². The fourth-order valence-corrected chi connectivity index (χ4v) is 4.30. The number of nitrogens with one attached hydrogen (secondary N) is 1. The summed E-state index contributed by atoms with van der Waals surface area (Å²) in [5.41, 5.74) is 0.944. The molecule has 1 atom stereocenters. The van der Waals surface area contributed by atoms with E-state index < -0.39 is 11.6 Å². The third-order valence-electron chi connectivity index (χ3n) is 6.39. The highest BCUT2D eigenvalue weighted by Gasteiger charge is 2.42. The van der Waals surface area contributed by atoms with E-state index in [0.717, 1.165) is 64.2 Å². The Balaban J connectivity index is 1.54. The summed E-state index contributed by atoms with van der Waals surface area (Å²) in [6.07, 6.45) is 4.37. The van der Waals surface area contributed by atoms with Gasteiger partial charge in [0.15, 0.2) is 5.96 Å². The van der Waals surface area contributed by atoms with Crippen LogP contribution in [0.5, 0.6) is 0 Å². The molecule has 1 aliphatic carbocycles. The van der Waals surface area contributed by atoms with E-state index in [9.17, 15) is 8.78 Å². The Morgan fingerprint density at radius 3 is 2.52 bits per heavy atom. The van der Waals surface area contributed by atoms with Gasteiger partial charge in [0.1, 0.15) is 11.6 Å². The molecule has 1 N–H and O–H groups in total. The predicted molar refractivity (Wildman–Crippen MR) is 112 cm³/mol. The van der Waals surface area contributed by atoms with Crippen molar-refractivity contribution >= 4 is 5.96 Å². The van der Waals surface area contributed by atoms with Crippen LogP contribution in [-0.2, 0) is 4.74 Å². The first-order chi connectivity index (χ1) is 14.0. The van der Waals surface area contributed by atoms with Gasteiger partial charge in [0, 0.05) is 71.2 Å². The van der Waals surface area contributed by atoms with Crippen LogP contribution in [0.1, 0.15) is 44.2 Å². The van der Waals surface area contributed by atoms with Gasteiger partial charge in [-0.05, 0) is 37.2 Å². The molecular formula is C22H34F2N4O. The third kappa shape index (κ3) is 5.45. The number of aliphatic imine (C=N–C) groups is 1.